The van der Waals surface area contributed by atoms with Crippen LogP contribution in [0.25, 0.3) is 0 Å². The van der Waals surface area contributed by atoms with Gasteiger partial charge in [-0.3, -0.25) is 9.59 Å². The first-order chi connectivity index (χ1) is 12.1. The molecule has 26 heavy (non-hydrogen) atoms. The molecule has 0 saturated carbocycles. The molecular formula is C19H27BrN2O4. The number of primary amides is 1. The molecule has 3 N–H and O–H groups in total. The van der Waals surface area contributed by atoms with Crippen molar-refractivity contribution in [1.29, 1.82) is 0 Å². The Bertz CT molecular complexity index is 666. The smallest absolute Gasteiger partial charge is 0.220 e. The second-order valence-electron chi connectivity index (χ2n) is 7.81. The normalized spacial score (nSPS) is 15.8. The van der Waals surface area contributed by atoms with E-state index in [-0.39, 0.29) is 17.7 Å². The van der Waals surface area contributed by atoms with E-state index in [0.29, 0.717) is 32.7 Å². The summed E-state index contributed by atoms with van der Waals surface area (Å²) in [5.41, 5.74) is 5.90. The Morgan fingerprint density at radius 3 is 2.54 bits per heavy atom. The lowest BCUT2D eigenvalue weighted by Gasteiger charge is -2.41. The highest BCUT2D eigenvalue weighted by atomic mass is 79.9. The number of nitrogens with one attached hydrogen (secondary N) is 1. The number of ether oxygens (including phenoxy) is 2. The molecule has 1 aliphatic heterocycles. The molecule has 0 atom stereocenters. The minimum Gasteiger partial charge on any atom is -0.492 e. The van der Waals surface area contributed by atoms with Crippen molar-refractivity contribution in [2.75, 3.05) is 19.8 Å². The van der Waals surface area contributed by atoms with E-state index in [1.807, 2.05) is 6.07 Å². The highest BCUT2D eigenvalue weighted by molar-refractivity contribution is 9.10. The van der Waals surface area contributed by atoms with Crippen molar-refractivity contribution in [1.82, 2.24) is 5.32 Å². The van der Waals surface area contributed by atoms with Crippen LogP contribution in [0.2, 0.25) is 0 Å². The van der Waals surface area contributed by atoms with Gasteiger partial charge < -0.3 is 20.5 Å². The summed E-state index contributed by atoms with van der Waals surface area (Å²) in [5, 5.41) is 2.87. The minimum absolute atomic E-state index is 0.0746. The van der Waals surface area contributed by atoms with Crippen LogP contribution in [0.4, 0.5) is 0 Å². The molecule has 0 bridgehead atoms. The van der Waals surface area contributed by atoms with Crippen molar-refractivity contribution in [3.05, 3.63) is 28.2 Å². The lowest BCUT2D eigenvalue weighted by Crippen LogP contribution is -2.63. The highest BCUT2D eigenvalue weighted by Gasteiger charge is 2.41. The molecule has 0 spiro atoms. The summed E-state index contributed by atoms with van der Waals surface area (Å²) >= 11 is 3.54. The zero-order valence-electron chi connectivity index (χ0n) is 15.6. The first kappa shape index (κ1) is 20.7. The number of hydrogen-bond acceptors (Lipinski definition) is 4. The number of carbonyl (C=O) groups is 2. The lowest BCUT2D eigenvalue weighted by molar-refractivity contribution is -0.138. The van der Waals surface area contributed by atoms with E-state index in [0.717, 1.165) is 10.2 Å². The highest BCUT2D eigenvalue weighted by Crippen LogP contribution is 2.31. The molecule has 6 nitrogen and oxygen atoms in total. The van der Waals surface area contributed by atoms with Crippen molar-refractivity contribution in [2.45, 2.75) is 51.0 Å². The van der Waals surface area contributed by atoms with Gasteiger partial charge in [-0.2, -0.15) is 0 Å². The predicted molar refractivity (Wildman–Crippen MR) is 103 cm³/mol. The van der Waals surface area contributed by atoms with Gasteiger partial charge in [-0.1, -0.05) is 26.8 Å². The molecule has 1 saturated heterocycles. The number of nitrogens with two attached hydrogens (primary N) is 1. The Labute approximate surface area is 162 Å². The van der Waals surface area contributed by atoms with E-state index in [4.69, 9.17) is 15.2 Å². The first-order valence-corrected chi connectivity index (χ1v) is 9.50. The molecule has 0 aromatic heterocycles. The van der Waals surface area contributed by atoms with Crippen LogP contribution in [0.3, 0.4) is 0 Å². The topological polar surface area (TPSA) is 90.6 Å². The molecule has 1 fully saturated rings. The van der Waals surface area contributed by atoms with E-state index in [2.05, 4.69) is 54.2 Å². The summed E-state index contributed by atoms with van der Waals surface area (Å²) in [6.45, 7) is 7.56. The van der Waals surface area contributed by atoms with Crippen LogP contribution in [0, 0.1) is 0 Å². The molecule has 0 unspecified atom stereocenters. The number of halogens is 1. The number of hydrogen-bond donors (Lipinski definition) is 2. The van der Waals surface area contributed by atoms with Gasteiger partial charge in [0.1, 0.15) is 5.75 Å². The molecule has 1 aromatic rings. The van der Waals surface area contributed by atoms with Gasteiger partial charge in [-0.25, -0.2) is 0 Å². The van der Waals surface area contributed by atoms with Gasteiger partial charge in [0.15, 0.2) is 0 Å². The molecule has 144 valence electrons. The van der Waals surface area contributed by atoms with Crippen LogP contribution in [0.15, 0.2) is 22.7 Å². The standard InChI is InChI=1S/C19H27BrN2O4/c1-18(2,3)13-6-7-15(14(20)9-13)26-8-4-5-17(24)22-19(10-16(21)23)11-25-12-19/h6-7,9H,4-5,8,10-12H2,1-3H3,(H2,21,23)(H,22,24). The van der Waals surface area contributed by atoms with Crippen molar-refractivity contribution in [3.8, 4) is 5.75 Å². The number of amides is 2. The monoisotopic (exact) mass is 426 g/mol. The Balaban J connectivity index is 1.76. The lowest BCUT2D eigenvalue weighted by atomic mass is 9.87. The van der Waals surface area contributed by atoms with Crippen LogP contribution in [-0.2, 0) is 19.7 Å². The quantitative estimate of drug-likeness (QED) is 0.625. The van der Waals surface area contributed by atoms with Gasteiger partial charge in [0.2, 0.25) is 11.8 Å². The summed E-state index contributed by atoms with van der Waals surface area (Å²) in [6, 6.07) is 6.06. The molecule has 1 aromatic carbocycles. The van der Waals surface area contributed by atoms with E-state index in [9.17, 15) is 9.59 Å². The van der Waals surface area contributed by atoms with Gasteiger partial charge in [0, 0.05) is 6.42 Å². The average molecular weight is 427 g/mol. The Morgan fingerprint density at radius 2 is 2.04 bits per heavy atom. The fourth-order valence-electron chi connectivity index (χ4n) is 2.76. The van der Waals surface area contributed by atoms with E-state index in [1.165, 1.54) is 5.56 Å². The molecular weight excluding hydrogens is 400 g/mol. The molecule has 0 aliphatic carbocycles. The van der Waals surface area contributed by atoms with Gasteiger partial charge >= 0.3 is 0 Å². The average Bonchev–Trinajstić information content (AvgIpc) is 2.49. The fraction of sp³-hybridized carbons (Fsp3) is 0.579. The molecule has 2 amide bonds. The van der Waals surface area contributed by atoms with Crippen LogP contribution < -0.4 is 15.8 Å². The number of rotatable bonds is 8. The third-order valence-corrected chi connectivity index (χ3v) is 4.90. The van der Waals surface area contributed by atoms with Crippen LogP contribution in [0.1, 0.15) is 45.6 Å². The SMILES string of the molecule is CC(C)(C)c1ccc(OCCCC(=O)NC2(CC(N)=O)COC2)c(Br)c1. The van der Waals surface area contributed by atoms with Crippen LogP contribution >= 0.6 is 15.9 Å². The molecule has 0 radical (unpaired) electrons. The zero-order valence-corrected chi connectivity index (χ0v) is 17.1. The maximum absolute atomic E-state index is 12.1. The summed E-state index contributed by atoms with van der Waals surface area (Å²) < 4.78 is 11.8. The second kappa shape index (κ2) is 8.39. The number of benzene rings is 1. The van der Waals surface area contributed by atoms with Gasteiger partial charge in [0.05, 0.1) is 36.3 Å². The summed E-state index contributed by atoms with van der Waals surface area (Å²) in [6.07, 6.45) is 0.993. The molecule has 7 heteroatoms. The summed E-state index contributed by atoms with van der Waals surface area (Å²) in [7, 11) is 0. The van der Waals surface area contributed by atoms with E-state index < -0.39 is 11.4 Å². The third kappa shape index (κ3) is 5.71. The van der Waals surface area contributed by atoms with Crippen molar-refractivity contribution in [3.63, 3.8) is 0 Å². The minimum atomic E-state index is -0.629. The summed E-state index contributed by atoms with van der Waals surface area (Å²) in [4.78, 5) is 23.2. The van der Waals surface area contributed by atoms with Crippen molar-refractivity contribution in [2.24, 2.45) is 5.73 Å². The molecule has 1 aliphatic rings. The predicted octanol–water partition coefficient (Wildman–Crippen LogP) is 2.67. The van der Waals surface area contributed by atoms with Crippen LogP contribution in [0.5, 0.6) is 5.75 Å². The Kier molecular flexibility index (Phi) is 6.69. The van der Waals surface area contributed by atoms with Gasteiger partial charge in [-0.05, 0) is 45.5 Å². The Morgan fingerprint density at radius 1 is 1.35 bits per heavy atom. The van der Waals surface area contributed by atoms with E-state index in [1.54, 1.807) is 0 Å². The maximum atomic E-state index is 12.1. The molecule has 1 heterocycles. The maximum Gasteiger partial charge on any atom is 0.220 e. The fourth-order valence-corrected chi connectivity index (χ4v) is 3.25. The molecule has 2 rings (SSSR count). The second-order valence-corrected chi connectivity index (χ2v) is 8.67. The van der Waals surface area contributed by atoms with Gasteiger partial charge in [0.25, 0.3) is 0 Å². The summed E-state index contributed by atoms with van der Waals surface area (Å²) in [5.74, 6) is 0.191. The Hall–Kier alpha value is -1.60. The first-order valence-electron chi connectivity index (χ1n) is 8.71. The van der Waals surface area contributed by atoms with Crippen LogP contribution in [-0.4, -0.2) is 37.2 Å². The number of carbonyl (C=O) groups excluding carboxylic acids is 2. The van der Waals surface area contributed by atoms with Gasteiger partial charge in [-0.15, -0.1) is 0 Å². The van der Waals surface area contributed by atoms with Crippen molar-refractivity contribution < 1.29 is 19.1 Å². The third-order valence-electron chi connectivity index (χ3n) is 4.28. The van der Waals surface area contributed by atoms with Crippen molar-refractivity contribution >= 4 is 27.7 Å². The zero-order chi connectivity index (χ0) is 19.4. The largest absolute Gasteiger partial charge is 0.492 e. The van der Waals surface area contributed by atoms with E-state index >= 15 is 0 Å².